The lowest BCUT2D eigenvalue weighted by atomic mass is 10.2. The first-order valence-corrected chi connectivity index (χ1v) is 4.31. The molecule has 0 radical (unpaired) electrons. The maximum Gasteiger partial charge on any atom is -0.0291 e. The van der Waals surface area contributed by atoms with E-state index in [1.54, 1.807) is 0 Å². The molecule has 0 aromatic carbocycles. The van der Waals surface area contributed by atoms with E-state index in [0.29, 0.717) is 0 Å². The van der Waals surface area contributed by atoms with Crippen molar-refractivity contribution in [1.29, 1.82) is 0 Å². The van der Waals surface area contributed by atoms with E-state index < -0.39 is 0 Å². The highest BCUT2D eigenvalue weighted by atomic mass is 13.8. The largest absolute Gasteiger partial charge is 0.0914 e. The molecule has 0 atom stereocenters. The number of unbranched alkanes of at least 4 members (excludes halogenated alkanes) is 1. The molecule has 0 aliphatic carbocycles. The van der Waals surface area contributed by atoms with E-state index in [0.717, 1.165) is 5.92 Å². The molecule has 0 saturated carbocycles. The van der Waals surface area contributed by atoms with Crippen LogP contribution in [0.4, 0.5) is 0 Å². The Morgan fingerprint density at radius 2 is 1.50 bits per heavy atom. The highest BCUT2D eigenvalue weighted by Crippen LogP contribution is 1.90. The average molecular weight is 142 g/mol. The second-order valence-electron chi connectivity index (χ2n) is 2.77. The summed E-state index contributed by atoms with van der Waals surface area (Å²) in [5.41, 5.74) is 0. The van der Waals surface area contributed by atoms with Gasteiger partial charge in [0, 0.05) is 0 Å². The third-order valence-electron chi connectivity index (χ3n) is 1.08. The molecule has 62 valence electrons. The van der Waals surface area contributed by atoms with Crippen LogP contribution in [-0.2, 0) is 0 Å². The van der Waals surface area contributed by atoms with E-state index in [1.807, 2.05) is 6.92 Å². The van der Waals surface area contributed by atoms with Crippen LogP contribution < -0.4 is 0 Å². The number of hydrogen-bond acceptors (Lipinski definition) is 0. The molecule has 0 amide bonds. The zero-order chi connectivity index (χ0) is 8.41. The van der Waals surface area contributed by atoms with Crippen LogP contribution in [0.1, 0.15) is 47.5 Å². The second kappa shape index (κ2) is 11.5. The van der Waals surface area contributed by atoms with E-state index in [-0.39, 0.29) is 0 Å². The molecule has 0 saturated heterocycles. The van der Waals surface area contributed by atoms with Crippen molar-refractivity contribution in [2.75, 3.05) is 0 Å². The minimum atomic E-state index is 0.718. The molecule has 0 bridgehead atoms. The molecule has 10 heavy (non-hydrogen) atoms. The van der Waals surface area contributed by atoms with Crippen molar-refractivity contribution in [2.24, 2.45) is 5.92 Å². The zero-order valence-electron chi connectivity index (χ0n) is 8.15. The Morgan fingerprint density at radius 3 is 1.50 bits per heavy atom. The van der Waals surface area contributed by atoms with Gasteiger partial charge < -0.3 is 0 Å². The summed E-state index contributed by atoms with van der Waals surface area (Å²) in [6, 6.07) is 0. The first kappa shape index (κ1) is 12.4. The van der Waals surface area contributed by atoms with Gasteiger partial charge in [-0.25, -0.2) is 0 Å². The summed E-state index contributed by atoms with van der Waals surface area (Å²) in [7, 11) is 0. The number of allylic oxidation sites excluding steroid dienone is 2. The third-order valence-corrected chi connectivity index (χ3v) is 1.08. The molecule has 0 fully saturated rings. The fraction of sp³-hybridized carbons (Fsp3) is 0.800. The molecule has 0 heteroatoms. The Bertz CT molecular complexity index is 58.4. The predicted octanol–water partition coefficient (Wildman–Crippen LogP) is 4.02. The van der Waals surface area contributed by atoms with Crippen molar-refractivity contribution in [3.63, 3.8) is 0 Å². The lowest BCUT2D eigenvalue weighted by Crippen LogP contribution is -1.73. The quantitative estimate of drug-likeness (QED) is 0.511. The third kappa shape index (κ3) is 25.1. The second-order valence-corrected chi connectivity index (χ2v) is 2.77. The van der Waals surface area contributed by atoms with Gasteiger partial charge in [-0.2, -0.15) is 0 Å². The summed E-state index contributed by atoms with van der Waals surface area (Å²) in [6.07, 6.45) is 6.88. The summed E-state index contributed by atoms with van der Waals surface area (Å²) < 4.78 is 0. The summed E-state index contributed by atoms with van der Waals surface area (Å²) in [5.74, 6) is 0.718. The van der Waals surface area contributed by atoms with Crippen molar-refractivity contribution in [2.45, 2.75) is 47.5 Å². The van der Waals surface area contributed by atoms with E-state index >= 15 is 0 Å². The van der Waals surface area contributed by atoms with Crippen LogP contribution in [0.15, 0.2) is 12.2 Å². The maximum atomic E-state index is 2.18. The number of hydrogen-bond donors (Lipinski definition) is 0. The highest BCUT2D eigenvalue weighted by Gasteiger charge is 1.76. The van der Waals surface area contributed by atoms with Crippen LogP contribution in [0.3, 0.4) is 0 Å². The van der Waals surface area contributed by atoms with Gasteiger partial charge in [-0.05, 0) is 12.8 Å². The highest BCUT2D eigenvalue weighted by molar-refractivity contribution is 4.79. The van der Waals surface area contributed by atoms with Gasteiger partial charge in [-0.3, -0.25) is 0 Å². The van der Waals surface area contributed by atoms with E-state index in [2.05, 4.69) is 39.8 Å². The molecular formula is C10H22. The molecule has 0 aromatic rings. The maximum absolute atomic E-state index is 2.18. The van der Waals surface area contributed by atoms with Gasteiger partial charge in [0.1, 0.15) is 0 Å². The molecule has 0 aliphatic heterocycles. The molecule has 0 N–H and O–H groups in total. The first-order chi connectivity index (χ1) is 4.68. The van der Waals surface area contributed by atoms with Gasteiger partial charge in [0.15, 0.2) is 0 Å². The lowest BCUT2D eigenvalue weighted by molar-refractivity contribution is 0.830. The fourth-order valence-corrected chi connectivity index (χ4v) is 0.385. The Morgan fingerprint density at radius 1 is 1.10 bits per heavy atom. The van der Waals surface area contributed by atoms with Crippen LogP contribution in [0, 0.1) is 5.92 Å². The van der Waals surface area contributed by atoms with Crippen molar-refractivity contribution in [3.8, 4) is 0 Å². The van der Waals surface area contributed by atoms with Gasteiger partial charge in [0.05, 0.1) is 0 Å². The topological polar surface area (TPSA) is 0 Å². The lowest BCUT2D eigenvalue weighted by Gasteiger charge is -1.86. The molecule has 0 nitrogen and oxygen atoms in total. The van der Waals surface area contributed by atoms with Crippen molar-refractivity contribution in [1.82, 2.24) is 0 Å². The monoisotopic (exact) mass is 142 g/mol. The summed E-state index contributed by atoms with van der Waals surface area (Å²) in [5, 5.41) is 0. The summed E-state index contributed by atoms with van der Waals surface area (Å²) in [6.45, 7) is 10.7. The van der Waals surface area contributed by atoms with E-state index in [1.165, 1.54) is 12.8 Å². The Labute approximate surface area is 66.3 Å². The summed E-state index contributed by atoms with van der Waals surface area (Å²) >= 11 is 0. The SMILES string of the molecule is CC=CC(C)C.CCCC. The van der Waals surface area contributed by atoms with Gasteiger partial charge in [0.25, 0.3) is 0 Å². The molecular weight excluding hydrogens is 120 g/mol. The predicted molar refractivity (Wildman–Crippen MR) is 50.2 cm³/mol. The van der Waals surface area contributed by atoms with Crippen LogP contribution in [0.2, 0.25) is 0 Å². The molecule has 0 unspecified atom stereocenters. The van der Waals surface area contributed by atoms with E-state index in [9.17, 15) is 0 Å². The Hall–Kier alpha value is -0.260. The smallest absolute Gasteiger partial charge is 0.0291 e. The van der Waals surface area contributed by atoms with Crippen molar-refractivity contribution in [3.05, 3.63) is 12.2 Å². The summed E-state index contributed by atoms with van der Waals surface area (Å²) in [4.78, 5) is 0. The molecule has 0 aromatic heterocycles. The fourth-order valence-electron chi connectivity index (χ4n) is 0.385. The van der Waals surface area contributed by atoms with Crippen molar-refractivity contribution >= 4 is 0 Å². The van der Waals surface area contributed by atoms with Gasteiger partial charge in [-0.1, -0.05) is 52.7 Å². The Balaban J connectivity index is 0. The van der Waals surface area contributed by atoms with Crippen LogP contribution >= 0.6 is 0 Å². The zero-order valence-corrected chi connectivity index (χ0v) is 8.15. The number of rotatable bonds is 2. The minimum Gasteiger partial charge on any atom is -0.0914 e. The van der Waals surface area contributed by atoms with Crippen LogP contribution in [0.5, 0.6) is 0 Å². The molecule has 0 spiro atoms. The minimum absolute atomic E-state index is 0.718. The standard InChI is InChI=1S/C6H12.C4H10/c1-4-5-6(2)3;1-3-4-2/h4-6H,1-3H3;3-4H2,1-2H3. The van der Waals surface area contributed by atoms with Gasteiger partial charge >= 0.3 is 0 Å². The van der Waals surface area contributed by atoms with Crippen LogP contribution in [-0.4, -0.2) is 0 Å². The van der Waals surface area contributed by atoms with E-state index in [4.69, 9.17) is 0 Å². The van der Waals surface area contributed by atoms with Gasteiger partial charge in [0.2, 0.25) is 0 Å². The molecule has 0 rings (SSSR count). The average Bonchev–Trinajstić information content (AvgIpc) is 1.89. The normalized spacial score (nSPS) is 9.80. The first-order valence-electron chi connectivity index (χ1n) is 4.31. The molecule has 0 heterocycles. The Kier molecular flexibility index (Phi) is 14.3. The van der Waals surface area contributed by atoms with Gasteiger partial charge in [-0.15, -0.1) is 0 Å². The van der Waals surface area contributed by atoms with Crippen LogP contribution in [0.25, 0.3) is 0 Å². The molecule has 0 aliphatic rings. The van der Waals surface area contributed by atoms with Crippen molar-refractivity contribution < 1.29 is 0 Å².